The van der Waals surface area contributed by atoms with E-state index in [-0.39, 0.29) is 17.6 Å². The maximum Gasteiger partial charge on any atom is 0.338 e. The van der Waals surface area contributed by atoms with Crippen LogP contribution in [0, 0.1) is 6.92 Å². The predicted molar refractivity (Wildman–Crippen MR) is 102 cm³/mol. The van der Waals surface area contributed by atoms with Crippen LogP contribution in [0.4, 0.5) is 0 Å². The van der Waals surface area contributed by atoms with Crippen molar-refractivity contribution in [3.05, 3.63) is 58.6 Å². The first-order chi connectivity index (χ1) is 12.9. The summed E-state index contributed by atoms with van der Waals surface area (Å²) in [6.07, 6.45) is 1.78. The van der Waals surface area contributed by atoms with Gasteiger partial charge in [0.25, 0.3) is 5.91 Å². The number of thiocarbonyl (C=S) groups is 1. The van der Waals surface area contributed by atoms with Gasteiger partial charge in [-0.15, -0.1) is 0 Å². The van der Waals surface area contributed by atoms with E-state index in [9.17, 15) is 9.59 Å². The molecule has 7 nitrogen and oxygen atoms in total. The van der Waals surface area contributed by atoms with Crippen molar-refractivity contribution in [2.45, 2.75) is 26.8 Å². The number of rotatable bonds is 3. The Morgan fingerprint density at radius 3 is 2.85 bits per heavy atom. The van der Waals surface area contributed by atoms with Gasteiger partial charge in [0.15, 0.2) is 10.8 Å². The molecule has 0 unspecified atom stereocenters. The highest BCUT2D eigenvalue weighted by molar-refractivity contribution is 7.80. The van der Waals surface area contributed by atoms with Crippen LogP contribution in [-0.2, 0) is 9.53 Å². The molecule has 0 aliphatic carbocycles. The van der Waals surface area contributed by atoms with Crippen LogP contribution in [0.15, 0.2) is 41.7 Å². The lowest BCUT2D eigenvalue weighted by Crippen LogP contribution is -2.48. The molecule has 3 heterocycles. The fourth-order valence-corrected chi connectivity index (χ4v) is 3.83. The van der Waals surface area contributed by atoms with Crippen molar-refractivity contribution in [3.63, 3.8) is 0 Å². The van der Waals surface area contributed by atoms with Gasteiger partial charge in [-0.25, -0.2) is 9.48 Å². The zero-order chi connectivity index (χ0) is 19.3. The lowest BCUT2D eigenvalue weighted by Gasteiger charge is -2.33. The molecular weight excluding hydrogens is 364 g/mol. The SMILES string of the molecule is CCOC(=O)C1=C(C)NC(=S)N2C(=O)c3nn(-c4cccc(C)c4)cc3[C@@H]12. The summed E-state index contributed by atoms with van der Waals surface area (Å²) in [5, 5.41) is 7.66. The molecule has 1 atom stereocenters. The van der Waals surface area contributed by atoms with Gasteiger partial charge in [0.2, 0.25) is 0 Å². The van der Waals surface area contributed by atoms with Crippen LogP contribution in [0.1, 0.15) is 41.5 Å². The Kier molecular flexibility index (Phi) is 4.07. The number of carbonyl (C=O) groups excluding carboxylic acids is 2. The van der Waals surface area contributed by atoms with E-state index in [2.05, 4.69) is 10.4 Å². The molecule has 27 heavy (non-hydrogen) atoms. The Morgan fingerprint density at radius 1 is 1.37 bits per heavy atom. The quantitative estimate of drug-likeness (QED) is 0.649. The maximum atomic E-state index is 12.9. The minimum atomic E-state index is -0.626. The molecule has 1 aromatic carbocycles. The Labute approximate surface area is 161 Å². The number of aromatic nitrogens is 2. The van der Waals surface area contributed by atoms with Gasteiger partial charge >= 0.3 is 5.97 Å². The first-order valence-corrected chi connectivity index (χ1v) is 9.02. The number of esters is 1. The third-order valence-corrected chi connectivity index (χ3v) is 4.97. The summed E-state index contributed by atoms with van der Waals surface area (Å²) in [7, 11) is 0. The summed E-state index contributed by atoms with van der Waals surface area (Å²) in [5.74, 6) is -0.794. The van der Waals surface area contributed by atoms with Gasteiger partial charge in [0.05, 0.1) is 17.9 Å². The smallest absolute Gasteiger partial charge is 0.338 e. The molecule has 0 radical (unpaired) electrons. The van der Waals surface area contributed by atoms with Crippen molar-refractivity contribution in [3.8, 4) is 5.69 Å². The molecule has 2 aromatic rings. The predicted octanol–water partition coefficient (Wildman–Crippen LogP) is 2.40. The van der Waals surface area contributed by atoms with Crippen molar-refractivity contribution in [2.75, 3.05) is 6.61 Å². The molecule has 2 aliphatic heterocycles. The summed E-state index contributed by atoms with van der Waals surface area (Å²) < 4.78 is 6.87. The normalized spacial score (nSPS) is 18.3. The van der Waals surface area contributed by atoms with Crippen LogP contribution >= 0.6 is 12.2 Å². The Morgan fingerprint density at radius 2 is 2.15 bits per heavy atom. The molecule has 1 N–H and O–H groups in total. The summed E-state index contributed by atoms with van der Waals surface area (Å²) in [4.78, 5) is 26.9. The number of aryl methyl sites for hydroxylation is 1. The van der Waals surface area contributed by atoms with Crippen molar-refractivity contribution in [1.82, 2.24) is 20.0 Å². The third-order valence-electron chi connectivity index (χ3n) is 4.67. The van der Waals surface area contributed by atoms with E-state index in [1.807, 2.05) is 31.2 Å². The van der Waals surface area contributed by atoms with Crippen LogP contribution in [0.25, 0.3) is 5.69 Å². The number of nitrogens with one attached hydrogen (secondary N) is 1. The number of amides is 1. The Balaban J connectivity index is 1.85. The van der Waals surface area contributed by atoms with Gasteiger partial charge in [0.1, 0.15) is 6.04 Å². The molecule has 0 spiro atoms. The minimum absolute atomic E-state index is 0.246. The van der Waals surface area contributed by atoms with E-state index in [0.717, 1.165) is 11.3 Å². The summed E-state index contributed by atoms with van der Waals surface area (Å²) in [6, 6.07) is 7.19. The molecule has 0 fully saturated rings. The molecule has 1 amide bonds. The number of carbonyl (C=O) groups is 2. The Bertz CT molecular complexity index is 1020. The number of allylic oxidation sites excluding steroid dienone is 1. The van der Waals surface area contributed by atoms with Gasteiger partial charge in [-0.1, -0.05) is 12.1 Å². The molecule has 0 bridgehead atoms. The molecule has 0 saturated heterocycles. The number of hydrogen-bond donors (Lipinski definition) is 1. The number of benzene rings is 1. The fraction of sp³-hybridized carbons (Fsp3) is 0.263. The molecule has 1 aromatic heterocycles. The van der Waals surface area contributed by atoms with Crippen LogP contribution in [0.5, 0.6) is 0 Å². The minimum Gasteiger partial charge on any atom is -0.463 e. The lowest BCUT2D eigenvalue weighted by molar-refractivity contribution is -0.139. The highest BCUT2D eigenvalue weighted by Gasteiger charge is 2.49. The molecular formula is C19H18N4O3S. The Hall–Kier alpha value is -3.00. The molecule has 4 rings (SSSR count). The van der Waals surface area contributed by atoms with Crippen molar-refractivity contribution in [1.29, 1.82) is 0 Å². The van der Waals surface area contributed by atoms with Gasteiger partial charge < -0.3 is 10.1 Å². The van der Waals surface area contributed by atoms with E-state index in [4.69, 9.17) is 17.0 Å². The van der Waals surface area contributed by atoms with E-state index < -0.39 is 12.0 Å². The van der Waals surface area contributed by atoms with Crippen LogP contribution < -0.4 is 5.32 Å². The average Bonchev–Trinajstić information content (AvgIpc) is 3.15. The fourth-order valence-electron chi connectivity index (χ4n) is 3.49. The second kappa shape index (κ2) is 6.31. The summed E-state index contributed by atoms with van der Waals surface area (Å²) in [5.41, 5.74) is 3.83. The van der Waals surface area contributed by atoms with Crippen LogP contribution in [0.2, 0.25) is 0 Å². The molecule has 0 saturated carbocycles. The standard InChI is InChI=1S/C19H18N4O3S/c1-4-26-18(25)14-11(3)20-19(27)23-16(14)13-9-22(21-15(13)17(23)24)12-7-5-6-10(2)8-12/h5-9,16H,4H2,1-3H3,(H,20,27)/t16-/m0/s1. The average molecular weight is 382 g/mol. The third kappa shape index (κ3) is 2.64. The highest BCUT2D eigenvalue weighted by Crippen LogP contribution is 2.42. The number of fused-ring (bicyclic) bond motifs is 3. The van der Waals surface area contributed by atoms with Crippen LogP contribution in [-0.4, -0.2) is 38.3 Å². The van der Waals surface area contributed by atoms with Gasteiger partial charge in [-0.05, 0) is 50.7 Å². The highest BCUT2D eigenvalue weighted by atomic mass is 32.1. The van der Waals surface area contributed by atoms with Crippen molar-refractivity contribution >= 4 is 29.2 Å². The second-order valence-corrected chi connectivity index (χ2v) is 6.87. The number of ether oxygens (including phenoxy) is 1. The topological polar surface area (TPSA) is 76.5 Å². The molecule has 2 aliphatic rings. The summed E-state index contributed by atoms with van der Waals surface area (Å²) >= 11 is 5.33. The maximum absolute atomic E-state index is 12.9. The number of hydrogen-bond acceptors (Lipinski definition) is 5. The van der Waals surface area contributed by atoms with E-state index in [0.29, 0.717) is 22.5 Å². The van der Waals surface area contributed by atoms with Crippen molar-refractivity contribution in [2.24, 2.45) is 0 Å². The van der Waals surface area contributed by atoms with Gasteiger partial charge in [-0.3, -0.25) is 9.69 Å². The van der Waals surface area contributed by atoms with Gasteiger partial charge in [0, 0.05) is 17.5 Å². The van der Waals surface area contributed by atoms with E-state index in [1.165, 1.54) is 4.90 Å². The first-order valence-electron chi connectivity index (χ1n) is 8.61. The molecule has 8 heteroatoms. The molecule has 138 valence electrons. The van der Waals surface area contributed by atoms with Crippen molar-refractivity contribution < 1.29 is 14.3 Å². The zero-order valence-electron chi connectivity index (χ0n) is 15.1. The van der Waals surface area contributed by atoms with Crippen LogP contribution in [0.3, 0.4) is 0 Å². The van der Waals surface area contributed by atoms with E-state index >= 15 is 0 Å². The monoisotopic (exact) mass is 382 g/mol. The number of nitrogens with zero attached hydrogens (tertiary/aromatic N) is 3. The second-order valence-electron chi connectivity index (χ2n) is 6.48. The lowest BCUT2D eigenvalue weighted by atomic mass is 9.98. The van der Waals surface area contributed by atoms with Gasteiger partial charge in [-0.2, -0.15) is 5.10 Å². The van der Waals surface area contributed by atoms with E-state index in [1.54, 1.807) is 24.7 Å². The summed E-state index contributed by atoms with van der Waals surface area (Å²) in [6.45, 7) is 5.73. The largest absolute Gasteiger partial charge is 0.463 e. The zero-order valence-corrected chi connectivity index (χ0v) is 16.0. The first kappa shape index (κ1) is 17.4.